The summed E-state index contributed by atoms with van der Waals surface area (Å²) in [5.41, 5.74) is 1.29. The molecule has 3 atom stereocenters. The van der Waals surface area contributed by atoms with Gasteiger partial charge in [-0.05, 0) is 54.7 Å². The summed E-state index contributed by atoms with van der Waals surface area (Å²) in [5, 5.41) is 14.5. The summed E-state index contributed by atoms with van der Waals surface area (Å²) in [6.07, 6.45) is 3.65. The summed E-state index contributed by atoms with van der Waals surface area (Å²) in [7, 11) is 6.31. The van der Waals surface area contributed by atoms with E-state index in [2.05, 4.69) is 25.5 Å². The molecule has 2 aromatic rings. The SMILES string of the molecule is CO[C@]12CC[C@@H](NC(=O)Cc3ccc(Cl)c(Cl)c3)C[C@]1(c1cccc(O)c1)CC[N+](C)(C)C2. The summed E-state index contributed by atoms with van der Waals surface area (Å²) in [6, 6.07) is 12.9. The van der Waals surface area contributed by atoms with Gasteiger partial charge in [0.05, 0.1) is 37.1 Å². The van der Waals surface area contributed by atoms with Crippen LogP contribution in [0.1, 0.15) is 36.8 Å². The maximum Gasteiger partial charge on any atom is 0.224 e. The number of ether oxygens (including phenoxy) is 1. The van der Waals surface area contributed by atoms with Crippen molar-refractivity contribution in [3.8, 4) is 5.75 Å². The summed E-state index contributed by atoms with van der Waals surface area (Å²) >= 11 is 12.1. The number of phenols is 1. The second-order valence-electron chi connectivity index (χ2n) is 10.3. The van der Waals surface area contributed by atoms with E-state index in [1.807, 2.05) is 25.3 Å². The Kier molecular flexibility index (Phi) is 6.71. The smallest absolute Gasteiger partial charge is 0.224 e. The van der Waals surface area contributed by atoms with E-state index in [4.69, 9.17) is 27.9 Å². The molecular weight excluding hydrogens is 459 g/mol. The van der Waals surface area contributed by atoms with Crippen LogP contribution in [0.3, 0.4) is 0 Å². The molecule has 0 radical (unpaired) electrons. The minimum absolute atomic E-state index is 0.0266. The van der Waals surface area contributed by atoms with Gasteiger partial charge in [0.1, 0.15) is 17.9 Å². The Hall–Kier alpha value is -1.79. The molecule has 1 aliphatic heterocycles. The standard InChI is InChI=1S/C26H32Cl2N2O3/c1-30(2)12-11-25(19-5-4-6-21(31)15-19)16-20(9-10-26(25,17-30)33-3)29-24(32)14-18-7-8-22(27)23(28)13-18/h4-8,13,15,20H,9-12,14,16-17H2,1-3H3,(H-,29,31,32)/p+1/t20-,25+,26+/m1/s1. The molecule has 5 nitrogen and oxygen atoms in total. The maximum absolute atomic E-state index is 12.9. The average molecular weight is 492 g/mol. The predicted molar refractivity (Wildman–Crippen MR) is 132 cm³/mol. The number of benzene rings is 2. The van der Waals surface area contributed by atoms with E-state index in [0.717, 1.165) is 54.4 Å². The Labute approximate surface area is 206 Å². The normalized spacial score (nSPS) is 28.7. The number of quaternary nitrogens is 1. The molecule has 4 rings (SSSR count). The number of hydrogen-bond donors (Lipinski definition) is 2. The molecule has 1 aliphatic carbocycles. The van der Waals surface area contributed by atoms with Crippen molar-refractivity contribution < 1.29 is 19.1 Å². The molecule has 0 bridgehead atoms. The van der Waals surface area contributed by atoms with Gasteiger partial charge < -0.3 is 19.6 Å². The van der Waals surface area contributed by atoms with Gasteiger partial charge in [-0.3, -0.25) is 4.79 Å². The fraction of sp³-hybridized carbons (Fsp3) is 0.500. The summed E-state index contributed by atoms with van der Waals surface area (Å²) in [6.45, 7) is 1.90. The molecular formula is C26H33Cl2N2O3+. The van der Waals surface area contributed by atoms with Crippen LogP contribution in [0.5, 0.6) is 5.75 Å². The molecule has 7 heteroatoms. The molecule has 0 spiro atoms. The molecule has 1 saturated heterocycles. The molecule has 178 valence electrons. The number of likely N-dealkylation sites (tertiary alicyclic amines) is 1. The van der Waals surface area contributed by atoms with Gasteiger partial charge in [0.2, 0.25) is 5.91 Å². The van der Waals surface area contributed by atoms with Crippen LogP contribution in [-0.4, -0.2) is 61.4 Å². The van der Waals surface area contributed by atoms with Gasteiger partial charge in [-0.1, -0.05) is 41.4 Å². The van der Waals surface area contributed by atoms with Gasteiger partial charge in [0.15, 0.2) is 0 Å². The topological polar surface area (TPSA) is 58.6 Å². The van der Waals surface area contributed by atoms with Crippen molar-refractivity contribution in [2.24, 2.45) is 0 Å². The predicted octanol–water partition coefficient (Wildman–Crippen LogP) is 4.71. The highest BCUT2D eigenvalue weighted by atomic mass is 35.5. The van der Waals surface area contributed by atoms with Crippen LogP contribution in [0.4, 0.5) is 0 Å². The first-order valence-corrected chi connectivity index (χ1v) is 12.2. The number of halogens is 2. The van der Waals surface area contributed by atoms with Gasteiger partial charge in [0, 0.05) is 25.0 Å². The third-order valence-corrected chi connectivity index (χ3v) is 8.43. The number of methoxy groups -OCH3 is 1. The summed E-state index contributed by atoms with van der Waals surface area (Å²) in [5.74, 6) is 0.235. The zero-order valence-electron chi connectivity index (χ0n) is 19.5. The number of carbonyl (C=O) groups is 1. The molecule has 0 aromatic heterocycles. The lowest BCUT2D eigenvalue weighted by molar-refractivity contribution is -0.905. The van der Waals surface area contributed by atoms with Crippen LogP contribution < -0.4 is 5.32 Å². The minimum Gasteiger partial charge on any atom is -0.508 e. The largest absolute Gasteiger partial charge is 0.508 e. The molecule has 2 aliphatic rings. The van der Waals surface area contributed by atoms with Gasteiger partial charge in [-0.15, -0.1) is 0 Å². The van der Waals surface area contributed by atoms with E-state index in [1.54, 1.807) is 18.2 Å². The first-order chi connectivity index (χ1) is 15.6. The number of fused-ring (bicyclic) bond motifs is 1. The number of rotatable bonds is 5. The lowest BCUT2D eigenvalue weighted by Crippen LogP contribution is -2.71. The van der Waals surface area contributed by atoms with Crippen LogP contribution in [0.15, 0.2) is 42.5 Å². The first-order valence-electron chi connectivity index (χ1n) is 11.5. The van der Waals surface area contributed by atoms with Crippen molar-refractivity contribution >= 4 is 29.1 Å². The number of aromatic hydroxyl groups is 1. The third-order valence-electron chi connectivity index (χ3n) is 7.69. The van der Waals surface area contributed by atoms with Crippen LogP contribution in [0, 0.1) is 0 Å². The second-order valence-corrected chi connectivity index (χ2v) is 11.1. The monoisotopic (exact) mass is 491 g/mol. The summed E-state index contributed by atoms with van der Waals surface area (Å²) in [4.78, 5) is 12.9. The molecule has 1 heterocycles. The molecule has 33 heavy (non-hydrogen) atoms. The molecule has 2 fully saturated rings. The van der Waals surface area contributed by atoms with Crippen molar-refractivity contribution in [2.45, 2.75) is 49.2 Å². The molecule has 1 saturated carbocycles. The van der Waals surface area contributed by atoms with Gasteiger partial charge in [-0.2, -0.15) is 0 Å². The van der Waals surface area contributed by atoms with Crippen LogP contribution in [0.2, 0.25) is 10.0 Å². The van der Waals surface area contributed by atoms with Crippen molar-refractivity contribution in [1.29, 1.82) is 0 Å². The van der Waals surface area contributed by atoms with Gasteiger partial charge >= 0.3 is 0 Å². The summed E-state index contributed by atoms with van der Waals surface area (Å²) < 4.78 is 7.24. The highest BCUT2D eigenvalue weighted by molar-refractivity contribution is 6.42. The van der Waals surface area contributed by atoms with Crippen molar-refractivity contribution in [3.05, 3.63) is 63.6 Å². The highest BCUT2D eigenvalue weighted by Crippen LogP contribution is 2.54. The van der Waals surface area contributed by atoms with E-state index >= 15 is 0 Å². The third kappa shape index (κ3) is 4.74. The quantitative estimate of drug-likeness (QED) is 0.595. The number of nitrogens with zero attached hydrogens (tertiary/aromatic N) is 1. The van der Waals surface area contributed by atoms with E-state index in [-0.39, 0.29) is 35.1 Å². The first kappa shape index (κ1) is 24.3. The Balaban J connectivity index is 1.60. The number of nitrogens with one attached hydrogen (secondary N) is 1. The number of piperidine rings is 1. The number of likely N-dealkylation sites (N-methyl/N-ethyl adjacent to an activating group) is 1. The van der Waals surface area contributed by atoms with Crippen molar-refractivity contribution in [2.75, 3.05) is 34.3 Å². The Morgan fingerprint density at radius 1 is 1.18 bits per heavy atom. The zero-order valence-corrected chi connectivity index (χ0v) is 21.0. The number of hydrogen-bond acceptors (Lipinski definition) is 3. The number of amides is 1. The van der Waals surface area contributed by atoms with E-state index in [9.17, 15) is 9.90 Å². The van der Waals surface area contributed by atoms with Gasteiger partial charge in [-0.25, -0.2) is 0 Å². The van der Waals surface area contributed by atoms with Crippen LogP contribution >= 0.6 is 23.2 Å². The lowest BCUT2D eigenvalue weighted by atomic mass is 9.54. The number of carbonyl (C=O) groups excluding carboxylic acids is 1. The number of phenolic OH excluding ortho intramolecular Hbond substituents is 1. The van der Waals surface area contributed by atoms with Crippen molar-refractivity contribution in [1.82, 2.24) is 5.32 Å². The average Bonchev–Trinajstić information content (AvgIpc) is 2.76. The molecule has 2 N–H and O–H groups in total. The minimum atomic E-state index is -0.354. The van der Waals surface area contributed by atoms with E-state index in [0.29, 0.717) is 10.0 Å². The van der Waals surface area contributed by atoms with Crippen LogP contribution in [-0.2, 0) is 21.4 Å². The van der Waals surface area contributed by atoms with E-state index in [1.165, 1.54) is 0 Å². The Morgan fingerprint density at radius 3 is 2.67 bits per heavy atom. The Morgan fingerprint density at radius 2 is 1.97 bits per heavy atom. The molecule has 1 amide bonds. The Bertz CT molecular complexity index is 1040. The fourth-order valence-corrected chi connectivity index (χ4v) is 6.43. The highest BCUT2D eigenvalue weighted by Gasteiger charge is 2.62. The molecule has 2 aromatic carbocycles. The zero-order chi connectivity index (χ0) is 23.9. The van der Waals surface area contributed by atoms with E-state index < -0.39 is 0 Å². The fourth-order valence-electron chi connectivity index (χ4n) is 6.11. The van der Waals surface area contributed by atoms with Crippen LogP contribution in [0.25, 0.3) is 0 Å². The van der Waals surface area contributed by atoms with Gasteiger partial charge in [0.25, 0.3) is 0 Å². The molecule has 0 unspecified atom stereocenters. The maximum atomic E-state index is 12.9. The lowest BCUT2D eigenvalue weighted by Gasteiger charge is -2.60. The van der Waals surface area contributed by atoms with Crippen molar-refractivity contribution in [3.63, 3.8) is 0 Å². The second kappa shape index (κ2) is 9.10.